The molecular weight excluding hydrogens is 282 g/mol. The van der Waals surface area contributed by atoms with Gasteiger partial charge in [-0.1, -0.05) is 12.1 Å². The Balaban J connectivity index is 2.40. The number of benzene rings is 1. The summed E-state index contributed by atoms with van der Waals surface area (Å²) < 4.78 is 5.52. The van der Waals surface area contributed by atoms with Crippen molar-refractivity contribution in [3.8, 4) is 11.3 Å². The molecule has 0 saturated carbocycles. The molecule has 0 radical (unpaired) electrons. The molecule has 20 heavy (non-hydrogen) atoms. The minimum absolute atomic E-state index is 0.0342. The minimum atomic E-state index is -0.602. The molecule has 0 atom stereocenters. The van der Waals surface area contributed by atoms with E-state index >= 15 is 0 Å². The molecule has 0 aliphatic heterocycles. The van der Waals surface area contributed by atoms with Crippen LogP contribution < -0.4 is 0 Å². The highest BCUT2D eigenvalue weighted by Crippen LogP contribution is 2.31. The van der Waals surface area contributed by atoms with Gasteiger partial charge < -0.3 is 4.42 Å². The number of nitro groups is 1. The van der Waals surface area contributed by atoms with Crippen LogP contribution in [0.5, 0.6) is 0 Å². The molecule has 5 nitrogen and oxygen atoms in total. The molecule has 2 rings (SSSR count). The second-order valence-corrected chi connectivity index (χ2v) is 4.42. The van der Waals surface area contributed by atoms with Gasteiger partial charge in [0.2, 0.25) is 5.24 Å². The van der Waals surface area contributed by atoms with Gasteiger partial charge in [-0.2, -0.15) is 0 Å². The van der Waals surface area contributed by atoms with E-state index in [2.05, 4.69) is 0 Å². The maximum atomic E-state index is 10.9. The van der Waals surface area contributed by atoms with Crippen LogP contribution in [0, 0.1) is 17.0 Å². The second-order valence-electron chi connectivity index (χ2n) is 4.05. The summed E-state index contributed by atoms with van der Waals surface area (Å²) in [5, 5.41) is 10.3. The van der Waals surface area contributed by atoms with Crippen molar-refractivity contribution in [2.45, 2.75) is 6.92 Å². The molecular formula is C14H10ClNO4. The van der Waals surface area contributed by atoms with Crippen LogP contribution in [0.1, 0.15) is 11.3 Å². The number of nitrogens with zero attached hydrogens (tertiary/aromatic N) is 1. The number of carbonyl (C=O) groups excluding carboxylic acids is 1. The van der Waals surface area contributed by atoms with E-state index in [0.717, 1.165) is 0 Å². The number of nitro benzene ring substituents is 1. The highest BCUT2D eigenvalue weighted by molar-refractivity contribution is 6.66. The highest BCUT2D eigenvalue weighted by Gasteiger charge is 2.16. The third-order valence-electron chi connectivity index (χ3n) is 2.77. The molecule has 0 amide bonds. The molecule has 0 aliphatic carbocycles. The number of carbonyl (C=O) groups is 1. The van der Waals surface area contributed by atoms with Gasteiger partial charge in [-0.15, -0.1) is 0 Å². The van der Waals surface area contributed by atoms with Gasteiger partial charge in [0.1, 0.15) is 11.5 Å². The van der Waals surface area contributed by atoms with Gasteiger partial charge in [0.05, 0.1) is 4.92 Å². The third-order valence-corrected chi connectivity index (χ3v) is 2.90. The molecule has 0 fully saturated rings. The number of halogens is 1. The Hall–Kier alpha value is -2.40. The normalized spacial score (nSPS) is 10.9. The van der Waals surface area contributed by atoms with Crippen LogP contribution >= 0.6 is 11.6 Å². The number of hydrogen-bond donors (Lipinski definition) is 0. The third kappa shape index (κ3) is 2.95. The lowest BCUT2D eigenvalue weighted by molar-refractivity contribution is -0.385. The fourth-order valence-electron chi connectivity index (χ4n) is 1.82. The van der Waals surface area contributed by atoms with E-state index < -0.39 is 10.2 Å². The summed E-state index contributed by atoms with van der Waals surface area (Å²) >= 11 is 5.19. The summed E-state index contributed by atoms with van der Waals surface area (Å²) in [6.45, 7) is 1.66. The molecule has 6 heteroatoms. The molecule has 1 aromatic heterocycles. The molecule has 0 aliphatic rings. The second kappa shape index (κ2) is 5.71. The van der Waals surface area contributed by atoms with E-state index in [9.17, 15) is 14.9 Å². The van der Waals surface area contributed by atoms with Crippen molar-refractivity contribution >= 4 is 28.6 Å². The number of rotatable bonds is 4. The smallest absolute Gasteiger partial charge is 0.273 e. The quantitative estimate of drug-likeness (QED) is 0.370. The summed E-state index contributed by atoms with van der Waals surface area (Å²) in [4.78, 5) is 21.1. The van der Waals surface area contributed by atoms with Crippen LogP contribution in [0.2, 0.25) is 0 Å². The Kier molecular flexibility index (Phi) is 4.00. The van der Waals surface area contributed by atoms with Gasteiger partial charge in [-0.3, -0.25) is 14.9 Å². The predicted octanol–water partition coefficient (Wildman–Crippen LogP) is 3.94. The SMILES string of the molecule is Cc1c(-c2ccc(/C=C/C(=O)Cl)o2)cccc1[N+](=O)[O-]. The van der Waals surface area contributed by atoms with Crippen LogP contribution in [0.3, 0.4) is 0 Å². The van der Waals surface area contributed by atoms with Crippen molar-refractivity contribution in [2.75, 3.05) is 0 Å². The Morgan fingerprint density at radius 3 is 2.75 bits per heavy atom. The summed E-state index contributed by atoms with van der Waals surface area (Å²) in [5.41, 5.74) is 1.19. The minimum Gasteiger partial charge on any atom is -0.457 e. The lowest BCUT2D eigenvalue weighted by Crippen LogP contribution is -1.93. The first-order valence-corrected chi connectivity index (χ1v) is 6.08. The Morgan fingerprint density at radius 2 is 2.10 bits per heavy atom. The lowest BCUT2D eigenvalue weighted by atomic mass is 10.1. The van der Waals surface area contributed by atoms with Crippen molar-refractivity contribution in [3.63, 3.8) is 0 Å². The highest BCUT2D eigenvalue weighted by atomic mass is 35.5. The van der Waals surface area contributed by atoms with E-state index in [1.807, 2.05) is 0 Å². The summed E-state index contributed by atoms with van der Waals surface area (Å²) in [5.74, 6) is 0.938. The Bertz CT molecular complexity index is 703. The average molecular weight is 292 g/mol. The van der Waals surface area contributed by atoms with Crippen molar-refractivity contribution in [3.05, 3.63) is 57.8 Å². The molecule has 1 heterocycles. The largest absolute Gasteiger partial charge is 0.457 e. The van der Waals surface area contributed by atoms with Gasteiger partial charge in [0, 0.05) is 23.3 Å². The van der Waals surface area contributed by atoms with Gasteiger partial charge in [-0.25, -0.2) is 0 Å². The molecule has 0 spiro atoms. The monoisotopic (exact) mass is 291 g/mol. The number of allylic oxidation sites excluding steroid dienone is 1. The van der Waals surface area contributed by atoms with Gasteiger partial charge in [-0.05, 0) is 36.7 Å². The molecule has 0 saturated heterocycles. The lowest BCUT2D eigenvalue weighted by Gasteiger charge is -2.02. The zero-order valence-corrected chi connectivity index (χ0v) is 11.3. The van der Waals surface area contributed by atoms with Gasteiger partial charge in [0.25, 0.3) is 5.69 Å². The zero-order chi connectivity index (χ0) is 14.7. The molecule has 0 bridgehead atoms. The summed E-state index contributed by atoms with van der Waals surface area (Å²) in [6.07, 6.45) is 2.61. The van der Waals surface area contributed by atoms with E-state index in [1.165, 1.54) is 18.2 Å². The first-order valence-electron chi connectivity index (χ1n) is 5.71. The summed E-state index contributed by atoms with van der Waals surface area (Å²) in [6, 6.07) is 8.12. The van der Waals surface area contributed by atoms with Gasteiger partial charge in [0.15, 0.2) is 0 Å². The van der Waals surface area contributed by atoms with Crippen LogP contribution in [0.15, 0.2) is 40.8 Å². The predicted molar refractivity (Wildman–Crippen MR) is 75.4 cm³/mol. The molecule has 2 aromatic rings. The molecule has 0 unspecified atom stereocenters. The fourth-order valence-corrected chi connectivity index (χ4v) is 1.89. The first-order chi connectivity index (χ1) is 9.49. The van der Waals surface area contributed by atoms with Crippen molar-refractivity contribution < 1.29 is 14.1 Å². The van der Waals surface area contributed by atoms with Crippen molar-refractivity contribution in [1.29, 1.82) is 0 Å². The molecule has 102 valence electrons. The first kappa shape index (κ1) is 14.0. The van der Waals surface area contributed by atoms with Crippen LogP contribution in [-0.4, -0.2) is 10.2 Å². The molecule has 1 aromatic carbocycles. The van der Waals surface area contributed by atoms with Crippen LogP contribution in [-0.2, 0) is 4.79 Å². The van der Waals surface area contributed by atoms with E-state index in [0.29, 0.717) is 22.6 Å². The zero-order valence-electron chi connectivity index (χ0n) is 10.5. The van der Waals surface area contributed by atoms with E-state index in [1.54, 1.807) is 31.2 Å². The van der Waals surface area contributed by atoms with Crippen LogP contribution in [0.4, 0.5) is 5.69 Å². The number of hydrogen-bond acceptors (Lipinski definition) is 4. The Morgan fingerprint density at radius 1 is 1.35 bits per heavy atom. The summed E-state index contributed by atoms with van der Waals surface area (Å²) in [7, 11) is 0. The maximum Gasteiger partial charge on any atom is 0.273 e. The van der Waals surface area contributed by atoms with Gasteiger partial charge >= 0.3 is 0 Å². The fraction of sp³-hybridized carbons (Fsp3) is 0.0714. The average Bonchev–Trinajstić information content (AvgIpc) is 2.85. The number of furan rings is 1. The van der Waals surface area contributed by atoms with Crippen LogP contribution in [0.25, 0.3) is 17.4 Å². The maximum absolute atomic E-state index is 10.9. The van der Waals surface area contributed by atoms with Crippen molar-refractivity contribution in [2.24, 2.45) is 0 Å². The van der Waals surface area contributed by atoms with Crippen molar-refractivity contribution in [1.82, 2.24) is 0 Å². The topological polar surface area (TPSA) is 73.3 Å². The Labute approximate surface area is 119 Å². The molecule has 0 N–H and O–H groups in total. The standard InChI is InChI=1S/C14H10ClNO4/c1-9-11(3-2-4-12(9)16(18)19)13-7-5-10(20-13)6-8-14(15)17/h2-8H,1H3/b8-6+. The van der Waals surface area contributed by atoms with E-state index in [4.69, 9.17) is 16.0 Å². The van der Waals surface area contributed by atoms with E-state index in [-0.39, 0.29) is 5.69 Å².